The van der Waals surface area contributed by atoms with Crippen molar-refractivity contribution in [3.8, 4) is 0 Å². The fourth-order valence-corrected chi connectivity index (χ4v) is 2.76. The van der Waals surface area contributed by atoms with Crippen LogP contribution < -0.4 is 10.6 Å². The number of nitrogens with zero attached hydrogens (tertiary/aromatic N) is 2. The molecule has 0 radical (unpaired) electrons. The Morgan fingerprint density at radius 1 is 1.30 bits per heavy atom. The van der Waals surface area contributed by atoms with Crippen molar-refractivity contribution in [3.63, 3.8) is 0 Å². The molecular formula is C15H21N5. The zero-order valence-electron chi connectivity index (χ0n) is 11.6. The molecule has 5 nitrogen and oxygen atoms in total. The molecule has 0 amide bonds. The number of fused-ring (bicyclic) bond motifs is 1. The second kappa shape index (κ2) is 6.63. The number of hydrogen-bond donors (Lipinski definition) is 3. The lowest BCUT2D eigenvalue weighted by Crippen LogP contribution is -2.24. The van der Waals surface area contributed by atoms with Gasteiger partial charge < -0.3 is 10.6 Å². The van der Waals surface area contributed by atoms with E-state index in [-0.39, 0.29) is 0 Å². The molecular weight excluding hydrogens is 250 g/mol. The van der Waals surface area contributed by atoms with Gasteiger partial charge in [-0.05, 0) is 37.1 Å². The van der Waals surface area contributed by atoms with E-state index in [0.29, 0.717) is 6.04 Å². The van der Waals surface area contributed by atoms with Gasteiger partial charge in [-0.15, -0.1) is 0 Å². The fraction of sp³-hybridized carbons (Fsp3) is 0.467. The number of benzene rings is 1. The average Bonchev–Trinajstić information content (AvgIpc) is 2.91. The number of hydrogen-bond acceptors (Lipinski definition) is 4. The molecule has 0 saturated heterocycles. The van der Waals surface area contributed by atoms with Crippen LogP contribution in [-0.2, 0) is 13.0 Å². The van der Waals surface area contributed by atoms with Gasteiger partial charge >= 0.3 is 0 Å². The zero-order chi connectivity index (χ0) is 13.6. The minimum absolute atomic E-state index is 0.455. The van der Waals surface area contributed by atoms with Crippen LogP contribution in [0.3, 0.4) is 0 Å². The SMILES string of the molecule is c1ccc2c(c1)CNCCC2NCCCc1ncn[nH]1. The molecule has 1 aliphatic heterocycles. The van der Waals surface area contributed by atoms with E-state index in [9.17, 15) is 0 Å². The minimum Gasteiger partial charge on any atom is -0.313 e. The first-order valence-electron chi connectivity index (χ1n) is 7.29. The smallest absolute Gasteiger partial charge is 0.137 e. The molecule has 0 bridgehead atoms. The van der Waals surface area contributed by atoms with Crippen LogP contribution in [0.15, 0.2) is 30.6 Å². The van der Waals surface area contributed by atoms with Crippen LogP contribution in [0, 0.1) is 0 Å². The van der Waals surface area contributed by atoms with Gasteiger partial charge in [0.2, 0.25) is 0 Å². The van der Waals surface area contributed by atoms with Crippen LogP contribution in [0.2, 0.25) is 0 Å². The third-order valence-corrected chi connectivity index (χ3v) is 3.80. The van der Waals surface area contributed by atoms with E-state index in [1.807, 2.05) is 0 Å². The van der Waals surface area contributed by atoms with Crippen molar-refractivity contribution in [2.24, 2.45) is 0 Å². The lowest BCUT2D eigenvalue weighted by atomic mass is 9.99. The maximum absolute atomic E-state index is 4.15. The molecule has 3 N–H and O–H groups in total. The summed E-state index contributed by atoms with van der Waals surface area (Å²) in [6.07, 6.45) is 4.72. The van der Waals surface area contributed by atoms with E-state index in [1.165, 1.54) is 11.1 Å². The third-order valence-electron chi connectivity index (χ3n) is 3.80. The van der Waals surface area contributed by atoms with Gasteiger partial charge in [0.25, 0.3) is 0 Å². The van der Waals surface area contributed by atoms with Crippen molar-refractivity contribution in [2.75, 3.05) is 13.1 Å². The average molecular weight is 271 g/mol. The quantitative estimate of drug-likeness (QED) is 0.722. The van der Waals surface area contributed by atoms with Gasteiger partial charge in [-0.1, -0.05) is 24.3 Å². The molecule has 1 atom stereocenters. The highest BCUT2D eigenvalue weighted by Gasteiger charge is 2.16. The number of H-pyrrole nitrogens is 1. The first kappa shape index (κ1) is 13.3. The molecule has 1 aliphatic rings. The molecule has 1 unspecified atom stereocenters. The van der Waals surface area contributed by atoms with Gasteiger partial charge in [-0.2, -0.15) is 5.10 Å². The van der Waals surface area contributed by atoms with Gasteiger partial charge in [-0.25, -0.2) is 4.98 Å². The number of aryl methyl sites for hydroxylation is 1. The van der Waals surface area contributed by atoms with Gasteiger partial charge in [0.15, 0.2) is 0 Å². The van der Waals surface area contributed by atoms with Crippen LogP contribution in [0.5, 0.6) is 0 Å². The maximum atomic E-state index is 4.15. The van der Waals surface area contributed by atoms with E-state index in [2.05, 4.69) is 50.1 Å². The molecule has 106 valence electrons. The summed E-state index contributed by atoms with van der Waals surface area (Å²) in [4.78, 5) is 4.15. The Kier molecular flexibility index (Phi) is 4.40. The van der Waals surface area contributed by atoms with Crippen LogP contribution in [0.1, 0.15) is 35.8 Å². The normalized spacial score (nSPS) is 18.5. The molecule has 0 spiro atoms. The Bertz CT molecular complexity index is 523. The van der Waals surface area contributed by atoms with Crippen molar-refractivity contribution in [2.45, 2.75) is 31.8 Å². The second-order valence-corrected chi connectivity index (χ2v) is 5.21. The summed E-state index contributed by atoms with van der Waals surface area (Å²) < 4.78 is 0. The highest BCUT2D eigenvalue weighted by molar-refractivity contribution is 5.30. The molecule has 2 aromatic rings. The first-order valence-corrected chi connectivity index (χ1v) is 7.29. The predicted octanol–water partition coefficient (Wildman–Crippen LogP) is 1.56. The molecule has 2 heterocycles. The van der Waals surface area contributed by atoms with E-state index in [0.717, 1.165) is 44.7 Å². The lowest BCUT2D eigenvalue weighted by Gasteiger charge is -2.18. The Balaban J connectivity index is 1.54. The van der Waals surface area contributed by atoms with Gasteiger partial charge in [0.1, 0.15) is 12.2 Å². The van der Waals surface area contributed by atoms with Crippen molar-refractivity contribution >= 4 is 0 Å². The summed E-state index contributed by atoms with van der Waals surface area (Å²) in [6.45, 7) is 3.04. The second-order valence-electron chi connectivity index (χ2n) is 5.21. The largest absolute Gasteiger partial charge is 0.313 e. The molecule has 3 rings (SSSR count). The maximum Gasteiger partial charge on any atom is 0.137 e. The van der Waals surface area contributed by atoms with Gasteiger partial charge in [0.05, 0.1) is 0 Å². The predicted molar refractivity (Wildman–Crippen MR) is 78.2 cm³/mol. The summed E-state index contributed by atoms with van der Waals surface area (Å²) in [5, 5.41) is 13.9. The molecule has 0 aliphatic carbocycles. The summed E-state index contributed by atoms with van der Waals surface area (Å²) in [5.41, 5.74) is 2.86. The van der Waals surface area contributed by atoms with Crippen LogP contribution in [-0.4, -0.2) is 28.3 Å². The van der Waals surface area contributed by atoms with E-state index in [1.54, 1.807) is 6.33 Å². The summed E-state index contributed by atoms with van der Waals surface area (Å²) >= 11 is 0. The summed E-state index contributed by atoms with van der Waals surface area (Å²) in [6, 6.07) is 9.17. The van der Waals surface area contributed by atoms with E-state index >= 15 is 0 Å². The Morgan fingerprint density at radius 2 is 2.25 bits per heavy atom. The monoisotopic (exact) mass is 271 g/mol. The number of nitrogens with one attached hydrogen (secondary N) is 3. The van der Waals surface area contributed by atoms with Gasteiger partial charge in [0, 0.05) is 19.0 Å². The van der Waals surface area contributed by atoms with E-state index in [4.69, 9.17) is 0 Å². The van der Waals surface area contributed by atoms with Crippen molar-refractivity contribution < 1.29 is 0 Å². The van der Waals surface area contributed by atoms with Crippen LogP contribution in [0.4, 0.5) is 0 Å². The highest BCUT2D eigenvalue weighted by atomic mass is 15.2. The number of aromatic amines is 1. The highest BCUT2D eigenvalue weighted by Crippen LogP contribution is 2.23. The zero-order valence-corrected chi connectivity index (χ0v) is 11.6. The van der Waals surface area contributed by atoms with Crippen molar-refractivity contribution in [1.29, 1.82) is 0 Å². The molecule has 5 heteroatoms. The Labute approximate surface area is 119 Å². The topological polar surface area (TPSA) is 65.6 Å². The van der Waals surface area contributed by atoms with Crippen LogP contribution >= 0.6 is 0 Å². The molecule has 0 fully saturated rings. The minimum atomic E-state index is 0.455. The first-order chi connectivity index (χ1) is 9.93. The molecule has 1 aromatic heterocycles. The molecule has 0 saturated carbocycles. The Hall–Kier alpha value is -1.72. The standard InChI is InChI=1S/C15H21N5/c1-2-5-13-12(4-1)10-16-9-7-14(13)17-8-3-6-15-18-11-19-20-15/h1-2,4-5,11,14,16-17H,3,6-10H2,(H,18,19,20). The fourth-order valence-electron chi connectivity index (χ4n) is 2.76. The van der Waals surface area contributed by atoms with Crippen molar-refractivity contribution in [1.82, 2.24) is 25.8 Å². The van der Waals surface area contributed by atoms with Crippen molar-refractivity contribution in [3.05, 3.63) is 47.5 Å². The third kappa shape index (κ3) is 3.23. The summed E-state index contributed by atoms with van der Waals surface area (Å²) in [7, 11) is 0. The molecule has 1 aromatic carbocycles. The van der Waals surface area contributed by atoms with Gasteiger partial charge in [-0.3, -0.25) is 5.10 Å². The number of rotatable bonds is 5. The van der Waals surface area contributed by atoms with Crippen LogP contribution in [0.25, 0.3) is 0 Å². The summed E-state index contributed by atoms with van der Waals surface area (Å²) in [5.74, 6) is 0.967. The van der Waals surface area contributed by atoms with E-state index < -0.39 is 0 Å². The number of aromatic nitrogens is 3. The molecule has 20 heavy (non-hydrogen) atoms. The lowest BCUT2D eigenvalue weighted by molar-refractivity contribution is 0.488. The Morgan fingerprint density at radius 3 is 3.15 bits per heavy atom.